The number of esters is 1. The molecule has 18 heavy (non-hydrogen) atoms. The van der Waals surface area contributed by atoms with Crippen LogP contribution in [0.3, 0.4) is 0 Å². The number of methoxy groups -OCH3 is 2. The second-order valence-electron chi connectivity index (χ2n) is 3.45. The van der Waals surface area contributed by atoms with Crippen LogP contribution in [0.1, 0.15) is 18.1 Å². The number of carbonyl (C=O) groups excluding carboxylic acids is 1. The van der Waals surface area contributed by atoms with Crippen LogP contribution >= 0.6 is 0 Å². The average Bonchev–Trinajstić information content (AvgIpc) is 2.39. The van der Waals surface area contributed by atoms with E-state index in [-0.39, 0.29) is 6.42 Å². The average molecular weight is 249 g/mol. The summed E-state index contributed by atoms with van der Waals surface area (Å²) >= 11 is 0. The molecule has 0 radical (unpaired) electrons. The Labute approximate surface area is 106 Å². The molecule has 0 atom stereocenters. The van der Waals surface area contributed by atoms with E-state index in [1.165, 1.54) is 14.2 Å². The van der Waals surface area contributed by atoms with Crippen LogP contribution in [0.4, 0.5) is 0 Å². The Hall–Kier alpha value is -2.22. The molecular formula is C13H15NO4. The van der Waals surface area contributed by atoms with Gasteiger partial charge in [0.25, 0.3) is 0 Å². The molecule has 0 aliphatic rings. The normalized spacial score (nSPS) is 9.44. The third kappa shape index (κ3) is 3.14. The molecule has 0 spiro atoms. The van der Waals surface area contributed by atoms with Gasteiger partial charge in [0.05, 0.1) is 38.9 Å². The van der Waals surface area contributed by atoms with Crippen molar-refractivity contribution in [1.29, 1.82) is 5.26 Å². The molecule has 0 amide bonds. The summed E-state index contributed by atoms with van der Waals surface area (Å²) in [6.45, 7) is 2.04. The molecule has 0 heterocycles. The zero-order chi connectivity index (χ0) is 13.5. The van der Waals surface area contributed by atoms with E-state index >= 15 is 0 Å². The monoisotopic (exact) mass is 249 g/mol. The van der Waals surface area contributed by atoms with Crippen LogP contribution in [0.25, 0.3) is 0 Å². The Morgan fingerprint density at radius 3 is 2.56 bits per heavy atom. The summed E-state index contributed by atoms with van der Waals surface area (Å²) in [4.78, 5) is 11.5. The Morgan fingerprint density at radius 1 is 1.33 bits per heavy atom. The van der Waals surface area contributed by atoms with Gasteiger partial charge in [-0.3, -0.25) is 4.79 Å². The molecule has 0 saturated carbocycles. The van der Waals surface area contributed by atoms with E-state index in [1.807, 2.05) is 6.07 Å². The lowest BCUT2D eigenvalue weighted by molar-refractivity contribution is -0.142. The van der Waals surface area contributed by atoms with Gasteiger partial charge in [-0.1, -0.05) is 0 Å². The molecule has 1 rings (SSSR count). The number of hydrogen-bond acceptors (Lipinski definition) is 5. The first-order chi connectivity index (χ1) is 8.65. The van der Waals surface area contributed by atoms with Crippen molar-refractivity contribution in [2.24, 2.45) is 0 Å². The van der Waals surface area contributed by atoms with E-state index in [1.54, 1.807) is 19.1 Å². The van der Waals surface area contributed by atoms with Crippen molar-refractivity contribution in [3.05, 3.63) is 23.3 Å². The maximum Gasteiger partial charge on any atom is 0.310 e. The Kier molecular flexibility index (Phi) is 5.00. The van der Waals surface area contributed by atoms with Crippen LogP contribution in [-0.2, 0) is 16.0 Å². The molecular weight excluding hydrogens is 234 g/mol. The van der Waals surface area contributed by atoms with E-state index in [0.29, 0.717) is 29.2 Å². The van der Waals surface area contributed by atoms with Crippen molar-refractivity contribution in [3.63, 3.8) is 0 Å². The zero-order valence-corrected chi connectivity index (χ0v) is 10.6. The smallest absolute Gasteiger partial charge is 0.310 e. The number of hydrogen-bond donors (Lipinski definition) is 0. The topological polar surface area (TPSA) is 68.6 Å². The fourth-order valence-electron chi connectivity index (χ4n) is 1.56. The third-order valence-electron chi connectivity index (χ3n) is 2.39. The maximum absolute atomic E-state index is 11.5. The molecule has 0 N–H and O–H groups in total. The van der Waals surface area contributed by atoms with E-state index in [0.717, 1.165) is 0 Å². The molecule has 0 unspecified atom stereocenters. The van der Waals surface area contributed by atoms with Crippen LogP contribution < -0.4 is 9.47 Å². The van der Waals surface area contributed by atoms with Crippen molar-refractivity contribution < 1.29 is 19.0 Å². The highest BCUT2D eigenvalue weighted by atomic mass is 16.5. The molecule has 0 saturated heterocycles. The van der Waals surface area contributed by atoms with Crippen molar-refractivity contribution in [3.8, 4) is 17.6 Å². The molecule has 0 aliphatic heterocycles. The van der Waals surface area contributed by atoms with Gasteiger partial charge < -0.3 is 14.2 Å². The lowest BCUT2D eigenvalue weighted by Crippen LogP contribution is -2.10. The Balaban J connectivity index is 3.15. The zero-order valence-electron chi connectivity index (χ0n) is 10.6. The molecule has 0 fully saturated rings. The van der Waals surface area contributed by atoms with Gasteiger partial charge >= 0.3 is 5.97 Å². The lowest BCUT2D eigenvalue weighted by Gasteiger charge is -2.11. The van der Waals surface area contributed by atoms with Crippen molar-refractivity contribution in [2.45, 2.75) is 13.3 Å². The van der Waals surface area contributed by atoms with Gasteiger partial charge in [-0.25, -0.2) is 0 Å². The van der Waals surface area contributed by atoms with Crippen LogP contribution in [0, 0.1) is 11.3 Å². The molecule has 1 aromatic rings. The van der Waals surface area contributed by atoms with Crippen LogP contribution in [-0.4, -0.2) is 26.8 Å². The highest BCUT2D eigenvalue weighted by Crippen LogP contribution is 2.29. The van der Waals surface area contributed by atoms with Gasteiger partial charge in [0.2, 0.25) is 0 Å². The standard InChI is InChI=1S/C13H15NO4/c1-4-18-13(15)7-11-9(8-14)5-10(16-2)6-12(11)17-3/h5-6H,4,7H2,1-3H3. The number of nitriles is 1. The minimum Gasteiger partial charge on any atom is -0.497 e. The van der Waals surface area contributed by atoms with Crippen molar-refractivity contribution in [2.75, 3.05) is 20.8 Å². The first-order valence-corrected chi connectivity index (χ1v) is 5.46. The summed E-state index contributed by atoms with van der Waals surface area (Å²) < 4.78 is 15.1. The summed E-state index contributed by atoms with van der Waals surface area (Å²) in [5, 5.41) is 9.09. The number of nitrogens with zero attached hydrogens (tertiary/aromatic N) is 1. The van der Waals surface area contributed by atoms with Crippen molar-refractivity contribution >= 4 is 5.97 Å². The fourth-order valence-corrected chi connectivity index (χ4v) is 1.56. The summed E-state index contributed by atoms with van der Waals surface area (Å²) in [6.07, 6.45) is 0.00387. The maximum atomic E-state index is 11.5. The minimum absolute atomic E-state index is 0.00387. The Morgan fingerprint density at radius 2 is 2.06 bits per heavy atom. The third-order valence-corrected chi connectivity index (χ3v) is 2.39. The molecule has 0 aromatic heterocycles. The number of ether oxygens (including phenoxy) is 3. The molecule has 96 valence electrons. The van der Waals surface area contributed by atoms with Gasteiger partial charge in [-0.15, -0.1) is 0 Å². The highest BCUT2D eigenvalue weighted by Gasteiger charge is 2.16. The predicted molar refractivity (Wildman–Crippen MR) is 64.6 cm³/mol. The molecule has 5 nitrogen and oxygen atoms in total. The molecule has 0 bridgehead atoms. The first kappa shape index (κ1) is 13.8. The molecule has 1 aromatic carbocycles. The molecule has 5 heteroatoms. The van der Waals surface area contributed by atoms with Gasteiger partial charge in [0.15, 0.2) is 0 Å². The summed E-state index contributed by atoms with van der Waals surface area (Å²) in [7, 11) is 2.98. The second-order valence-corrected chi connectivity index (χ2v) is 3.45. The minimum atomic E-state index is -0.391. The number of benzene rings is 1. The van der Waals surface area contributed by atoms with Crippen LogP contribution in [0.2, 0.25) is 0 Å². The van der Waals surface area contributed by atoms with Gasteiger partial charge in [0.1, 0.15) is 11.5 Å². The van der Waals surface area contributed by atoms with Crippen LogP contribution in [0.15, 0.2) is 12.1 Å². The first-order valence-electron chi connectivity index (χ1n) is 5.46. The van der Waals surface area contributed by atoms with E-state index in [4.69, 9.17) is 19.5 Å². The second kappa shape index (κ2) is 6.50. The largest absolute Gasteiger partial charge is 0.497 e. The predicted octanol–water partition coefficient (Wildman–Crippen LogP) is 1.68. The van der Waals surface area contributed by atoms with Crippen LogP contribution in [0.5, 0.6) is 11.5 Å². The summed E-state index contributed by atoms with van der Waals surface area (Å²) in [5.41, 5.74) is 0.860. The van der Waals surface area contributed by atoms with E-state index in [9.17, 15) is 4.79 Å². The van der Waals surface area contributed by atoms with E-state index < -0.39 is 5.97 Å². The van der Waals surface area contributed by atoms with Gasteiger partial charge in [-0.2, -0.15) is 5.26 Å². The summed E-state index contributed by atoms with van der Waals surface area (Å²) in [5.74, 6) is 0.562. The van der Waals surface area contributed by atoms with Crippen molar-refractivity contribution in [1.82, 2.24) is 0 Å². The van der Waals surface area contributed by atoms with Gasteiger partial charge in [0, 0.05) is 11.6 Å². The lowest BCUT2D eigenvalue weighted by atomic mass is 10.0. The Bertz CT molecular complexity index is 477. The fraction of sp³-hybridized carbons (Fsp3) is 0.385. The molecule has 0 aliphatic carbocycles. The number of carbonyl (C=O) groups is 1. The number of rotatable bonds is 5. The van der Waals surface area contributed by atoms with Gasteiger partial charge in [-0.05, 0) is 13.0 Å². The van der Waals surface area contributed by atoms with E-state index in [2.05, 4.69) is 0 Å². The summed E-state index contributed by atoms with van der Waals surface area (Å²) in [6, 6.07) is 5.23. The SMILES string of the molecule is CCOC(=O)Cc1c(C#N)cc(OC)cc1OC. The quantitative estimate of drug-likeness (QED) is 0.742. The highest BCUT2D eigenvalue weighted by molar-refractivity contribution is 5.75.